The van der Waals surface area contributed by atoms with E-state index in [1.807, 2.05) is 0 Å². The maximum absolute atomic E-state index is 11.8. The lowest BCUT2D eigenvalue weighted by Crippen LogP contribution is -2.40. The first-order valence-corrected chi connectivity index (χ1v) is 8.38. The van der Waals surface area contributed by atoms with E-state index in [1.54, 1.807) is 31.6 Å². The lowest BCUT2D eigenvalue weighted by molar-refractivity contribution is -0.121. The second-order valence-electron chi connectivity index (χ2n) is 4.59. The van der Waals surface area contributed by atoms with E-state index in [1.165, 1.54) is 0 Å². The number of rotatable bonds is 9. The fraction of sp³-hybridized carbons (Fsp3) is 0.538. The number of hydrogen-bond donors (Lipinski definition) is 1. The van der Waals surface area contributed by atoms with Gasteiger partial charge in [-0.2, -0.15) is 4.31 Å². The van der Waals surface area contributed by atoms with Gasteiger partial charge in [0.2, 0.25) is 15.9 Å². The van der Waals surface area contributed by atoms with E-state index in [4.69, 9.17) is 4.74 Å². The topological polar surface area (TPSA) is 88.6 Å². The molecule has 0 radical (unpaired) electrons. The summed E-state index contributed by atoms with van der Waals surface area (Å²) in [6.45, 7) is 0.918. The second kappa shape index (κ2) is 8.71. The molecule has 118 valence electrons. The molecule has 1 amide bonds. The number of nitrogens with zero attached hydrogens (tertiary/aromatic N) is 2. The van der Waals surface area contributed by atoms with Crippen molar-refractivity contribution >= 4 is 15.9 Å². The minimum Gasteiger partial charge on any atom is -0.385 e. The molecule has 7 nitrogen and oxygen atoms in total. The first-order valence-electron chi connectivity index (χ1n) is 6.53. The van der Waals surface area contributed by atoms with Gasteiger partial charge >= 0.3 is 0 Å². The molecule has 8 heteroatoms. The summed E-state index contributed by atoms with van der Waals surface area (Å²) in [6, 6.07) is 3.49. The number of sulfonamides is 1. The molecule has 0 saturated carbocycles. The van der Waals surface area contributed by atoms with E-state index < -0.39 is 10.0 Å². The second-order valence-corrected chi connectivity index (χ2v) is 6.57. The SMILES string of the molecule is COCCCNC(=O)CN(Cc1cccnc1)S(C)(=O)=O. The van der Waals surface area contributed by atoms with Crippen LogP contribution in [-0.2, 0) is 26.1 Å². The summed E-state index contributed by atoms with van der Waals surface area (Å²) in [4.78, 5) is 15.7. The van der Waals surface area contributed by atoms with Crippen LogP contribution in [0.4, 0.5) is 0 Å². The Hall–Kier alpha value is -1.51. The quantitative estimate of drug-likeness (QED) is 0.648. The highest BCUT2D eigenvalue weighted by Gasteiger charge is 2.20. The van der Waals surface area contributed by atoms with Gasteiger partial charge in [-0.05, 0) is 18.1 Å². The molecule has 0 aromatic carbocycles. The van der Waals surface area contributed by atoms with E-state index in [2.05, 4.69) is 10.3 Å². The summed E-state index contributed by atoms with van der Waals surface area (Å²) in [5.74, 6) is -0.333. The van der Waals surface area contributed by atoms with Crippen LogP contribution in [0.2, 0.25) is 0 Å². The molecular formula is C13H21N3O4S. The largest absolute Gasteiger partial charge is 0.385 e. The third-order valence-corrected chi connectivity index (χ3v) is 3.91. The Labute approximate surface area is 125 Å². The van der Waals surface area contributed by atoms with Crippen molar-refractivity contribution in [1.82, 2.24) is 14.6 Å². The average molecular weight is 315 g/mol. The number of ether oxygens (including phenoxy) is 1. The first kappa shape index (κ1) is 17.5. The molecule has 0 spiro atoms. The van der Waals surface area contributed by atoms with Crippen molar-refractivity contribution in [3.8, 4) is 0 Å². The normalized spacial score (nSPS) is 11.6. The zero-order valence-corrected chi connectivity index (χ0v) is 13.1. The van der Waals surface area contributed by atoms with E-state index >= 15 is 0 Å². The predicted octanol–water partition coefficient (Wildman–Crippen LogP) is -0.00410. The Morgan fingerprint density at radius 2 is 2.24 bits per heavy atom. The number of hydrogen-bond acceptors (Lipinski definition) is 5. The van der Waals surface area contributed by atoms with Crippen LogP contribution in [0.25, 0.3) is 0 Å². The van der Waals surface area contributed by atoms with E-state index in [9.17, 15) is 13.2 Å². The smallest absolute Gasteiger partial charge is 0.235 e. The van der Waals surface area contributed by atoms with Crippen molar-refractivity contribution in [3.05, 3.63) is 30.1 Å². The molecule has 0 bridgehead atoms. The highest BCUT2D eigenvalue weighted by molar-refractivity contribution is 7.88. The van der Waals surface area contributed by atoms with E-state index in [0.717, 1.165) is 16.1 Å². The van der Waals surface area contributed by atoms with Gasteiger partial charge in [0, 0.05) is 39.2 Å². The number of aromatic nitrogens is 1. The molecule has 1 aromatic rings. The van der Waals surface area contributed by atoms with Crippen LogP contribution < -0.4 is 5.32 Å². The fourth-order valence-corrected chi connectivity index (χ4v) is 2.38. The highest BCUT2D eigenvalue weighted by atomic mass is 32.2. The molecule has 0 aliphatic rings. The van der Waals surface area contributed by atoms with Crippen LogP contribution in [0, 0.1) is 0 Å². The van der Waals surface area contributed by atoms with Gasteiger partial charge < -0.3 is 10.1 Å². The third kappa shape index (κ3) is 7.16. The molecule has 0 fully saturated rings. The minimum atomic E-state index is -3.47. The number of nitrogens with one attached hydrogen (secondary N) is 1. The number of methoxy groups -OCH3 is 1. The predicted molar refractivity (Wildman–Crippen MR) is 79.0 cm³/mol. The van der Waals surface area contributed by atoms with Gasteiger partial charge in [-0.1, -0.05) is 6.07 Å². The monoisotopic (exact) mass is 315 g/mol. The maximum Gasteiger partial charge on any atom is 0.235 e. The third-order valence-electron chi connectivity index (χ3n) is 2.72. The van der Waals surface area contributed by atoms with Gasteiger partial charge in [0.1, 0.15) is 0 Å². The molecule has 1 rings (SSSR count). The Morgan fingerprint density at radius 1 is 1.48 bits per heavy atom. The summed E-state index contributed by atoms with van der Waals surface area (Å²) >= 11 is 0. The van der Waals surface area contributed by atoms with Gasteiger partial charge in [0.05, 0.1) is 12.8 Å². The van der Waals surface area contributed by atoms with Crippen molar-refractivity contribution in [2.24, 2.45) is 0 Å². The molecule has 0 aliphatic heterocycles. The molecule has 21 heavy (non-hydrogen) atoms. The molecule has 1 aromatic heterocycles. The zero-order chi connectivity index (χ0) is 15.7. The fourth-order valence-electron chi connectivity index (χ4n) is 1.65. The Bertz CT molecular complexity index is 534. The minimum absolute atomic E-state index is 0.123. The van der Waals surface area contributed by atoms with Crippen LogP contribution in [0.3, 0.4) is 0 Å². The number of amides is 1. The molecule has 0 aliphatic carbocycles. The van der Waals surface area contributed by atoms with Crippen molar-refractivity contribution in [2.75, 3.05) is 33.1 Å². The molecule has 1 N–H and O–H groups in total. The molecular weight excluding hydrogens is 294 g/mol. The Morgan fingerprint density at radius 3 is 2.81 bits per heavy atom. The van der Waals surface area contributed by atoms with Crippen LogP contribution in [-0.4, -0.2) is 56.7 Å². The highest BCUT2D eigenvalue weighted by Crippen LogP contribution is 2.06. The van der Waals surface area contributed by atoms with Crippen LogP contribution >= 0.6 is 0 Å². The first-order chi connectivity index (χ1) is 9.93. The summed E-state index contributed by atoms with van der Waals surface area (Å²) in [6.07, 6.45) is 4.96. The van der Waals surface area contributed by atoms with Crippen molar-refractivity contribution in [1.29, 1.82) is 0 Å². The van der Waals surface area contributed by atoms with Crippen molar-refractivity contribution in [3.63, 3.8) is 0 Å². The molecule has 0 atom stereocenters. The lowest BCUT2D eigenvalue weighted by Gasteiger charge is -2.19. The van der Waals surface area contributed by atoms with E-state index in [0.29, 0.717) is 19.6 Å². The van der Waals surface area contributed by atoms with Gasteiger partial charge in [0.25, 0.3) is 0 Å². The van der Waals surface area contributed by atoms with Crippen LogP contribution in [0.5, 0.6) is 0 Å². The van der Waals surface area contributed by atoms with Crippen molar-refractivity contribution in [2.45, 2.75) is 13.0 Å². The van der Waals surface area contributed by atoms with Gasteiger partial charge in [-0.3, -0.25) is 9.78 Å². The standard InChI is InChI=1S/C13H21N3O4S/c1-20-8-4-7-15-13(17)11-16(21(2,18)19)10-12-5-3-6-14-9-12/h3,5-6,9H,4,7-8,10-11H2,1-2H3,(H,15,17). The number of pyridine rings is 1. The van der Waals surface area contributed by atoms with Gasteiger partial charge in [-0.15, -0.1) is 0 Å². The Kier molecular flexibility index (Phi) is 7.27. The van der Waals surface area contributed by atoms with E-state index in [-0.39, 0.29) is 19.0 Å². The summed E-state index contributed by atoms with van der Waals surface area (Å²) in [7, 11) is -1.89. The summed E-state index contributed by atoms with van der Waals surface area (Å²) in [5.41, 5.74) is 0.732. The molecule has 0 saturated heterocycles. The summed E-state index contributed by atoms with van der Waals surface area (Å²) < 4.78 is 29.5. The number of carbonyl (C=O) groups is 1. The van der Waals surface area contributed by atoms with Crippen LogP contribution in [0.15, 0.2) is 24.5 Å². The van der Waals surface area contributed by atoms with Gasteiger partial charge in [0.15, 0.2) is 0 Å². The lowest BCUT2D eigenvalue weighted by atomic mass is 10.3. The van der Waals surface area contributed by atoms with Gasteiger partial charge in [-0.25, -0.2) is 8.42 Å². The maximum atomic E-state index is 11.8. The average Bonchev–Trinajstić information content (AvgIpc) is 2.43. The van der Waals surface area contributed by atoms with Crippen molar-refractivity contribution < 1.29 is 17.9 Å². The zero-order valence-electron chi connectivity index (χ0n) is 12.3. The molecule has 1 heterocycles. The Balaban J connectivity index is 2.57. The number of carbonyl (C=O) groups excluding carboxylic acids is 1. The molecule has 0 unspecified atom stereocenters. The summed E-state index contributed by atoms with van der Waals surface area (Å²) in [5, 5.41) is 2.67. The van der Waals surface area contributed by atoms with Crippen LogP contribution in [0.1, 0.15) is 12.0 Å².